The van der Waals surface area contributed by atoms with Gasteiger partial charge in [-0.15, -0.1) is 11.6 Å². The minimum Gasteiger partial charge on any atom is -0.364 e. The van der Waals surface area contributed by atoms with Crippen LogP contribution in [0, 0.1) is 0 Å². The number of allylic oxidation sites excluding steroid dienone is 2. The third kappa shape index (κ3) is 1.18. The SMILES string of the molecule is ClCC1=NC2C=CC=CC2N1. The first-order valence-corrected chi connectivity index (χ1v) is 4.18. The molecule has 0 amide bonds. The average Bonchev–Trinajstić information content (AvgIpc) is 2.46. The van der Waals surface area contributed by atoms with Gasteiger partial charge in [-0.3, -0.25) is 4.99 Å². The minimum absolute atomic E-state index is 0.272. The molecule has 1 heterocycles. The molecule has 2 atom stereocenters. The Morgan fingerprint density at radius 3 is 3.00 bits per heavy atom. The molecule has 3 heteroatoms. The smallest absolute Gasteiger partial charge is 0.113 e. The Bertz CT molecular complexity index is 242. The molecule has 0 bridgehead atoms. The average molecular weight is 169 g/mol. The molecule has 2 unspecified atom stereocenters. The number of hydrogen-bond donors (Lipinski definition) is 1. The van der Waals surface area contributed by atoms with Crippen LogP contribution in [0.4, 0.5) is 0 Å². The molecule has 1 aliphatic carbocycles. The molecule has 2 nitrogen and oxygen atoms in total. The maximum absolute atomic E-state index is 5.63. The highest BCUT2D eigenvalue weighted by Gasteiger charge is 2.24. The van der Waals surface area contributed by atoms with Crippen molar-refractivity contribution in [2.24, 2.45) is 4.99 Å². The van der Waals surface area contributed by atoms with Gasteiger partial charge in [-0.2, -0.15) is 0 Å². The quantitative estimate of drug-likeness (QED) is 0.583. The molecule has 1 N–H and O–H groups in total. The third-order valence-corrected chi connectivity index (χ3v) is 2.12. The lowest BCUT2D eigenvalue weighted by atomic mass is 10.1. The summed E-state index contributed by atoms with van der Waals surface area (Å²) in [5.41, 5.74) is 0. The molecule has 0 aromatic heterocycles. The van der Waals surface area contributed by atoms with E-state index in [1.165, 1.54) is 0 Å². The standard InChI is InChI=1S/C8H9ClN2/c9-5-8-10-6-3-1-2-4-7(6)11-8/h1-4,6-7H,5H2,(H,10,11). The lowest BCUT2D eigenvalue weighted by molar-refractivity contribution is 0.694. The van der Waals surface area contributed by atoms with Crippen LogP contribution in [0.2, 0.25) is 0 Å². The normalized spacial score (nSPS) is 33.0. The fourth-order valence-electron chi connectivity index (χ4n) is 1.33. The predicted octanol–water partition coefficient (Wildman–Crippen LogP) is 1.09. The number of nitrogens with one attached hydrogen (secondary N) is 1. The second-order valence-electron chi connectivity index (χ2n) is 2.64. The summed E-state index contributed by atoms with van der Waals surface area (Å²) in [7, 11) is 0. The fraction of sp³-hybridized carbons (Fsp3) is 0.375. The molecule has 0 saturated carbocycles. The number of fused-ring (bicyclic) bond motifs is 1. The highest BCUT2D eigenvalue weighted by Crippen LogP contribution is 2.14. The molecule has 11 heavy (non-hydrogen) atoms. The first-order chi connectivity index (χ1) is 5.40. The van der Waals surface area contributed by atoms with Gasteiger partial charge < -0.3 is 5.32 Å². The van der Waals surface area contributed by atoms with Crippen molar-refractivity contribution in [3.63, 3.8) is 0 Å². The van der Waals surface area contributed by atoms with E-state index in [0.717, 1.165) is 5.84 Å². The Morgan fingerprint density at radius 2 is 2.27 bits per heavy atom. The van der Waals surface area contributed by atoms with Crippen LogP contribution in [-0.4, -0.2) is 23.8 Å². The monoisotopic (exact) mass is 168 g/mol. The van der Waals surface area contributed by atoms with Gasteiger partial charge in [0.2, 0.25) is 0 Å². The van der Waals surface area contributed by atoms with E-state index in [2.05, 4.69) is 22.5 Å². The summed E-state index contributed by atoms with van der Waals surface area (Å²) < 4.78 is 0. The van der Waals surface area contributed by atoms with Crippen molar-refractivity contribution in [2.75, 3.05) is 5.88 Å². The first-order valence-electron chi connectivity index (χ1n) is 3.64. The molecule has 0 radical (unpaired) electrons. The van der Waals surface area contributed by atoms with Crippen LogP contribution in [0.1, 0.15) is 0 Å². The number of amidine groups is 1. The first kappa shape index (κ1) is 6.92. The number of hydrogen-bond acceptors (Lipinski definition) is 2. The molecular formula is C8H9ClN2. The maximum atomic E-state index is 5.63. The van der Waals surface area contributed by atoms with E-state index in [0.29, 0.717) is 11.9 Å². The Balaban J connectivity index is 2.16. The van der Waals surface area contributed by atoms with Gasteiger partial charge in [0, 0.05) is 0 Å². The highest BCUT2D eigenvalue weighted by molar-refractivity contribution is 6.28. The second-order valence-corrected chi connectivity index (χ2v) is 2.91. The largest absolute Gasteiger partial charge is 0.364 e. The summed E-state index contributed by atoms with van der Waals surface area (Å²) in [5, 5.41) is 3.22. The number of aliphatic imine (C=N–C) groups is 1. The van der Waals surface area contributed by atoms with E-state index >= 15 is 0 Å². The van der Waals surface area contributed by atoms with Crippen molar-refractivity contribution in [2.45, 2.75) is 12.1 Å². The zero-order valence-electron chi connectivity index (χ0n) is 6.00. The van der Waals surface area contributed by atoms with E-state index < -0.39 is 0 Å². The van der Waals surface area contributed by atoms with Gasteiger partial charge in [0.05, 0.1) is 18.0 Å². The van der Waals surface area contributed by atoms with E-state index in [1.807, 2.05) is 12.2 Å². The van der Waals surface area contributed by atoms with Crippen molar-refractivity contribution in [1.82, 2.24) is 5.32 Å². The van der Waals surface area contributed by atoms with Crippen LogP contribution in [0.25, 0.3) is 0 Å². The molecular weight excluding hydrogens is 160 g/mol. The number of rotatable bonds is 1. The van der Waals surface area contributed by atoms with Crippen molar-refractivity contribution < 1.29 is 0 Å². The molecule has 0 saturated heterocycles. The lowest BCUT2D eigenvalue weighted by Crippen LogP contribution is -2.33. The summed E-state index contributed by atoms with van der Waals surface area (Å²) in [5.74, 6) is 1.38. The summed E-state index contributed by atoms with van der Waals surface area (Å²) in [6.45, 7) is 0. The van der Waals surface area contributed by atoms with Crippen molar-refractivity contribution >= 4 is 17.4 Å². The van der Waals surface area contributed by atoms with Crippen LogP contribution < -0.4 is 5.32 Å². The lowest BCUT2D eigenvalue weighted by Gasteiger charge is -2.13. The van der Waals surface area contributed by atoms with Gasteiger partial charge in [0.15, 0.2) is 0 Å². The second kappa shape index (κ2) is 2.70. The van der Waals surface area contributed by atoms with Gasteiger partial charge in [0.1, 0.15) is 5.84 Å². The van der Waals surface area contributed by atoms with Crippen molar-refractivity contribution in [3.8, 4) is 0 Å². The van der Waals surface area contributed by atoms with E-state index in [4.69, 9.17) is 11.6 Å². The number of nitrogens with zero attached hydrogens (tertiary/aromatic N) is 1. The highest BCUT2D eigenvalue weighted by atomic mass is 35.5. The van der Waals surface area contributed by atoms with Gasteiger partial charge in [-0.1, -0.05) is 24.3 Å². The van der Waals surface area contributed by atoms with Crippen molar-refractivity contribution in [3.05, 3.63) is 24.3 Å². The van der Waals surface area contributed by atoms with E-state index in [-0.39, 0.29) is 6.04 Å². The van der Waals surface area contributed by atoms with Crippen LogP contribution in [-0.2, 0) is 0 Å². The predicted molar refractivity (Wildman–Crippen MR) is 47.1 cm³/mol. The van der Waals surface area contributed by atoms with Gasteiger partial charge in [-0.25, -0.2) is 0 Å². The van der Waals surface area contributed by atoms with Crippen LogP contribution in [0.5, 0.6) is 0 Å². The van der Waals surface area contributed by atoms with Gasteiger partial charge in [-0.05, 0) is 0 Å². The fourth-order valence-corrected chi connectivity index (χ4v) is 1.48. The summed E-state index contributed by atoms with van der Waals surface area (Å²) >= 11 is 5.63. The Morgan fingerprint density at radius 1 is 1.45 bits per heavy atom. The van der Waals surface area contributed by atoms with E-state index in [9.17, 15) is 0 Å². The Labute approximate surface area is 70.7 Å². The number of alkyl halides is 1. The summed E-state index contributed by atoms with van der Waals surface area (Å²) in [6.07, 6.45) is 8.23. The molecule has 2 aliphatic rings. The summed E-state index contributed by atoms with van der Waals surface area (Å²) in [4.78, 5) is 4.36. The van der Waals surface area contributed by atoms with Gasteiger partial charge in [0.25, 0.3) is 0 Å². The van der Waals surface area contributed by atoms with Crippen LogP contribution in [0.15, 0.2) is 29.3 Å². The van der Waals surface area contributed by atoms with Crippen molar-refractivity contribution in [1.29, 1.82) is 0 Å². The van der Waals surface area contributed by atoms with Crippen LogP contribution in [0.3, 0.4) is 0 Å². The topological polar surface area (TPSA) is 24.4 Å². The summed E-state index contributed by atoms with van der Waals surface area (Å²) in [6, 6.07) is 0.613. The molecule has 1 aliphatic heterocycles. The minimum atomic E-state index is 0.272. The molecule has 0 aromatic carbocycles. The maximum Gasteiger partial charge on any atom is 0.113 e. The molecule has 2 rings (SSSR count). The third-order valence-electron chi connectivity index (χ3n) is 1.87. The zero-order valence-corrected chi connectivity index (χ0v) is 6.75. The Hall–Kier alpha value is -0.760. The zero-order chi connectivity index (χ0) is 7.68. The molecule has 0 fully saturated rings. The molecule has 0 aromatic rings. The van der Waals surface area contributed by atoms with E-state index in [1.54, 1.807) is 0 Å². The molecule has 0 spiro atoms. The van der Waals surface area contributed by atoms with Gasteiger partial charge >= 0.3 is 0 Å². The Kier molecular flexibility index (Phi) is 1.70. The number of halogens is 1. The van der Waals surface area contributed by atoms with Crippen LogP contribution >= 0.6 is 11.6 Å². The molecule has 58 valence electrons.